The van der Waals surface area contributed by atoms with E-state index < -0.39 is 0 Å². The average molecular weight is 379 g/mol. The lowest BCUT2D eigenvalue weighted by molar-refractivity contribution is 0.340. The minimum Gasteiger partial charge on any atom is -0.368 e. The predicted octanol–water partition coefficient (Wildman–Crippen LogP) is 3.15. The molecule has 0 saturated carbocycles. The topological polar surface area (TPSA) is 82.6 Å². The van der Waals surface area contributed by atoms with Crippen molar-refractivity contribution in [1.82, 2.24) is 29.8 Å². The summed E-state index contributed by atoms with van der Waals surface area (Å²) >= 11 is 0. The van der Waals surface area contributed by atoms with E-state index in [-0.39, 0.29) is 5.82 Å². The summed E-state index contributed by atoms with van der Waals surface area (Å²) in [6, 6.07) is 6.84. The van der Waals surface area contributed by atoms with Crippen molar-refractivity contribution in [2.75, 3.05) is 25.5 Å². The molecule has 7 nitrogen and oxygen atoms in total. The van der Waals surface area contributed by atoms with E-state index in [9.17, 15) is 4.39 Å². The second-order valence-corrected chi connectivity index (χ2v) is 6.76. The van der Waals surface area contributed by atoms with Crippen LogP contribution >= 0.6 is 0 Å². The Kier molecular flexibility index (Phi) is 5.12. The van der Waals surface area contributed by atoms with Crippen LogP contribution in [0.4, 0.5) is 10.2 Å². The zero-order chi connectivity index (χ0) is 19.5. The first kappa shape index (κ1) is 18.2. The van der Waals surface area contributed by atoms with Gasteiger partial charge in [0.25, 0.3) is 0 Å². The van der Waals surface area contributed by atoms with E-state index in [4.69, 9.17) is 4.98 Å². The Hall–Kier alpha value is -3.13. The molecule has 8 heteroatoms. The van der Waals surface area contributed by atoms with Gasteiger partial charge >= 0.3 is 0 Å². The number of aromatic amines is 1. The van der Waals surface area contributed by atoms with Crippen LogP contribution in [0, 0.1) is 5.82 Å². The summed E-state index contributed by atoms with van der Waals surface area (Å²) in [6.07, 6.45) is 3.88. The number of pyridine rings is 1. The number of benzene rings is 1. The molecule has 0 spiro atoms. The van der Waals surface area contributed by atoms with Gasteiger partial charge in [0.05, 0.1) is 17.5 Å². The van der Waals surface area contributed by atoms with Gasteiger partial charge in [-0.25, -0.2) is 19.3 Å². The molecule has 0 radical (unpaired) electrons. The Balaban J connectivity index is 1.58. The van der Waals surface area contributed by atoms with Crippen molar-refractivity contribution in [3.63, 3.8) is 0 Å². The molecule has 0 aliphatic heterocycles. The van der Waals surface area contributed by atoms with Crippen molar-refractivity contribution in [3.8, 4) is 0 Å². The van der Waals surface area contributed by atoms with Crippen LogP contribution in [0.3, 0.4) is 0 Å². The van der Waals surface area contributed by atoms with Gasteiger partial charge in [-0.2, -0.15) is 0 Å². The highest BCUT2D eigenvalue weighted by atomic mass is 19.1. The normalized spacial score (nSPS) is 11.6. The van der Waals surface area contributed by atoms with Crippen molar-refractivity contribution in [1.29, 1.82) is 0 Å². The summed E-state index contributed by atoms with van der Waals surface area (Å²) in [4.78, 5) is 22.6. The molecule has 28 heavy (non-hydrogen) atoms. The predicted molar refractivity (Wildman–Crippen MR) is 108 cm³/mol. The third kappa shape index (κ3) is 3.77. The Bertz CT molecular complexity index is 1110. The maximum Gasteiger partial charge on any atom is 0.162 e. The summed E-state index contributed by atoms with van der Waals surface area (Å²) in [5.74, 6) is 0.435. The molecule has 0 amide bonds. The Morgan fingerprint density at radius 2 is 2.07 bits per heavy atom. The zero-order valence-electron chi connectivity index (χ0n) is 15.9. The van der Waals surface area contributed by atoms with E-state index >= 15 is 0 Å². The van der Waals surface area contributed by atoms with Crippen LogP contribution in [0.1, 0.15) is 18.2 Å². The van der Waals surface area contributed by atoms with Gasteiger partial charge in [-0.1, -0.05) is 6.92 Å². The highest BCUT2D eigenvalue weighted by Crippen LogP contribution is 2.20. The quantitative estimate of drug-likeness (QED) is 0.513. The smallest absolute Gasteiger partial charge is 0.162 e. The van der Waals surface area contributed by atoms with E-state index in [2.05, 4.69) is 50.2 Å². The summed E-state index contributed by atoms with van der Waals surface area (Å²) in [7, 11) is 2.05. The van der Waals surface area contributed by atoms with Crippen molar-refractivity contribution < 1.29 is 4.39 Å². The summed E-state index contributed by atoms with van der Waals surface area (Å²) in [6.45, 7) is 4.41. The third-order valence-corrected chi connectivity index (χ3v) is 4.81. The average Bonchev–Trinajstić information content (AvgIpc) is 3.18. The number of nitrogens with zero attached hydrogens (tertiary/aromatic N) is 5. The van der Waals surface area contributed by atoms with Crippen LogP contribution in [-0.2, 0) is 13.0 Å². The number of nitrogens with one attached hydrogen (secondary N) is 2. The molecule has 0 saturated heterocycles. The van der Waals surface area contributed by atoms with E-state index in [0.717, 1.165) is 41.7 Å². The van der Waals surface area contributed by atoms with Crippen LogP contribution in [-0.4, -0.2) is 50.0 Å². The summed E-state index contributed by atoms with van der Waals surface area (Å²) in [5.41, 5.74) is 4.22. The fraction of sp³-hybridized carbons (Fsp3) is 0.300. The number of aromatic nitrogens is 5. The minimum atomic E-state index is -0.268. The van der Waals surface area contributed by atoms with Gasteiger partial charge in [0.1, 0.15) is 17.7 Å². The lowest BCUT2D eigenvalue weighted by atomic mass is 10.1. The van der Waals surface area contributed by atoms with Crippen molar-refractivity contribution in [2.45, 2.75) is 19.9 Å². The fourth-order valence-electron chi connectivity index (χ4n) is 3.15. The highest BCUT2D eigenvalue weighted by Gasteiger charge is 2.11. The molecule has 2 N–H and O–H groups in total. The van der Waals surface area contributed by atoms with E-state index in [1.807, 2.05) is 0 Å². The number of hydrogen-bond acceptors (Lipinski definition) is 6. The standard InChI is InChI=1S/C20H22FN7/c1-3-28(2)10-17-14(8-13-4-5-15(21)9-16(13)27-17)6-7-22-19-18-20(24-11-23-18)26-12-25-19/h4-5,8-9,11-12H,3,6-7,10H2,1-2H3,(H2,22,23,24,25,26). The van der Waals surface area contributed by atoms with Gasteiger partial charge < -0.3 is 15.2 Å². The monoisotopic (exact) mass is 379 g/mol. The molecule has 4 aromatic rings. The van der Waals surface area contributed by atoms with E-state index in [1.165, 1.54) is 18.5 Å². The Morgan fingerprint density at radius 1 is 1.18 bits per heavy atom. The second kappa shape index (κ2) is 7.85. The fourth-order valence-corrected chi connectivity index (χ4v) is 3.15. The van der Waals surface area contributed by atoms with Crippen molar-refractivity contribution in [2.24, 2.45) is 0 Å². The maximum atomic E-state index is 13.6. The van der Waals surface area contributed by atoms with Gasteiger partial charge in [0, 0.05) is 24.5 Å². The molecular formula is C20H22FN7. The molecule has 0 aliphatic carbocycles. The highest BCUT2D eigenvalue weighted by molar-refractivity contribution is 5.82. The SMILES string of the molecule is CCN(C)Cc1nc2cc(F)ccc2cc1CCNc1ncnc2[nH]cnc12. The number of H-pyrrole nitrogens is 1. The second-order valence-electron chi connectivity index (χ2n) is 6.76. The van der Waals surface area contributed by atoms with Crippen molar-refractivity contribution in [3.05, 3.63) is 54.0 Å². The lowest BCUT2D eigenvalue weighted by Crippen LogP contribution is -2.19. The molecule has 0 aliphatic rings. The van der Waals surface area contributed by atoms with Gasteiger partial charge in [0.15, 0.2) is 11.5 Å². The molecular weight excluding hydrogens is 357 g/mol. The molecule has 0 fully saturated rings. The van der Waals surface area contributed by atoms with Crippen LogP contribution < -0.4 is 5.32 Å². The first-order valence-electron chi connectivity index (χ1n) is 9.28. The third-order valence-electron chi connectivity index (χ3n) is 4.81. The number of anilines is 1. The number of imidazole rings is 1. The molecule has 0 atom stereocenters. The number of fused-ring (bicyclic) bond motifs is 2. The maximum absolute atomic E-state index is 13.6. The molecule has 144 valence electrons. The number of halogens is 1. The molecule has 0 bridgehead atoms. The first-order valence-corrected chi connectivity index (χ1v) is 9.28. The van der Waals surface area contributed by atoms with E-state index in [1.54, 1.807) is 12.4 Å². The first-order chi connectivity index (χ1) is 13.6. The number of rotatable bonds is 7. The Morgan fingerprint density at radius 3 is 2.93 bits per heavy atom. The van der Waals surface area contributed by atoms with Crippen LogP contribution in [0.2, 0.25) is 0 Å². The lowest BCUT2D eigenvalue weighted by Gasteiger charge is -2.17. The van der Waals surface area contributed by atoms with Gasteiger partial charge in [-0.15, -0.1) is 0 Å². The van der Waals surface area contributed by atoms with Gasteiger partial charge in [-0.3, -0.25) is 4.98 Å². The van der Waals surface area contributed by atoms with Gasteiger partial charge in [-0.05, 0) is 43.8 Å². The van der Waals surface area contributed by atoms with Crippen LogP contribution in [0.15, 0.2) is 36.9 Å². The Labute approximate surface area is 162 Å². The number of hydrogen-bond donors (Lipinski definition) is 2. The van der Waals surface area contributed by atoms with E-state index in [0.29, 0.717) is 23.5 Å². The molecule has 3 heterocycles. The summed E-state index contributed by atoms with van der Waals surface area (Å²) < 4.78 is 13.6. The van der Waals surface area contributed by atoms with Gasteiger partial charge in [0.2, 0.25) is 0 Å². The zero-order valence-corrected chi connectivity index (χ0v) is 15.9. The molecule has 0 unspecified atom stereocenters. The largest absolute Gasteiger partial charge is 0.368 e. The minimum absolute atomic E-state index is 0.268. The van der Waals surface area contributed by atoms with Crippen molar-refractivity contribution >= 4 is 27.9 Å². The molecule has 4 rings (SSSR count). The molecule has 3 aromatic heterocycles. The van der Waals surface area contributed by atoms with Crippen LogP contribution in [0.25, 0.3) is 22.1 Å². The molecule has 1 aromatic carbocycles. The van der Waals surface area contributed by atoms with Crippen LogP contribution in [0.5, 0.6) is 0 Å². The summed E-state index contributed by atoms with van der Waals surface area (Å²) in [5, 5.41) is 4.28.